The summed E-state index contributed by atoms with van der Waals surface area (Å²) in [5.41, 5.74) is 0.152. The molecule has 1 saturated heterocycles. The van der Waals surface area contributed by atoms with Gasteiger partial charge in [-0.2, -0.15) is 0 Å². The summed E-state index contributed by atoms with van der Waals surface area (Å²) in [6.07, 6.45) is 0. The summed E-state index contributed by atoms with van der Waals surface area (Å²) in [5.74, 6) is -0.444. The Hall–Kier alpha value is -0.520. The Bertz CT molecular complexity index is 451. The summed E-state index contributed by atoms with van der Waals surface area (Å²) in [6.45, 7) is 7.13. The molecule has 1 aliphatic heterocycles. The second kappa shape index (κ2) is 6.29. The Labute approximate surface area is 121 Å². The van der Waals surface area contributed by atoms with Crippen LogP contribution in [0.3, 0.4) is 0 Å². The molecule has 1 N–H and O–H groups in total. The van der Waals surface area contributed by atoms with Crippen LogP contribution in [0.2, 0.25) is 0 Å². The van der Waals surface area contributed by atoms with Crippen molar-refractivity contribution in [3.8, 4) is 0 Å². The fourth-order valence-electron chi connectivity index (χ4n) is 2.37. The molecule has 0 radical (unpaired) electrons. The standard InChI is InChI=1S/C14H19BrF2N2/c1-9(2)13-8-19(6-5-18-13)7-10-12(16)4-3-11(15)14(10)17/h3-4,9,13,18H,5-8H2,1-2H3. The Morgan fingerprint density at radius 3 is 2.84 bits per heavy atom. The monoisotopic (exact) mass is 332 g/mol. The molecule has 19 heavy (non-hydrogen) atoms. The molecular formula is C14H19BrF2N2. The molecule has 1 unspecified atom stereocenters. The molecule has 0 aromatic heterocycles. The van der Waals surface area contributed by atoms with Crippen molar-refractivity contribution in [2.24, 2.45) is 5.92 Å². The molecule has 2 nitrogen and oxygen atoms in total. The highest BCUT2D eigenvalue weighted by Crippen LogP contribution is 2.23. The zero-order valence-electron chi connectivity index (χ0n) is 11.2. The van der Waals surface area contributed by atoms with Crippen LogP contribution in [-0.2, 0) is 6.54 Å². The van der Waals surface area contributed by atoms with Crippen molar-refractivity contribution in [3.63, 3.8) is 0 Å². The van der Waals surface area contributed by atoms with Crippen molar-refractivity contribution in [1.29, 1.82) is 0 Å². The van der Waals surface area contributed by atoms with Crippen LogP contribution in [0.1, 0.15) is 19.4 Å². The van der Waals surface area contributed by atoms with E-state index in [1.54, 1.807) is 0 Å². The van der Waals surface area contributed by atoms with Gasteiger partial charge in [-0.05, 0) is 34.0 Å². The van der Waals surface area contributed by atoms with E-state index in [1.807, 2.05) is 0 Å². The van der Waals surface area contributed by atoms with E-state index in [9.17, 15) is 8.78 Å². The molecule has 1 atom stereocenters. The first-order chi connectivity index (χ1) is 8.99. The van der Waals surface area contributed by atoms with Crippen LogP contribution >= 0.6 is 15.9 Å². The van der Waals surface area contributed by atoms with E-state index in [-0.39, 0.29) is 5.56 Å². The van der Waals surface area contributed by atoms with Crippen molar-refractivity contribution < 1.29 is 8.78 Å². The first kappa shape index (κ1) is 14.9. The summed E-state index contributed by atoms with van der Waals surface area (Å²) >= 11 is 3.11. The van der Waals surface area contributed by atoms with Gasteiger partial charge >= 0.3 is 0 Å². The van der Waals surface area contributed by atoms with E-state index in [0.29, 0.717) is 23.0 Å². The van der Waals surface area contributed by atoms with Gasteiger partial charge in [0, 0.05) is 37.8 Å². The maximum Gasteiger partial charge on any atom is 0.144 e. The van der Waals surface area contributed by atoms with E-state index in [4.69, 9.17) is 0 Å². The van der Waals surface area contributed by atoms with E-state index >= 15 is 0 Å². The van der Waals surface area contributed by atoms with Crippen molar-refractivity contribution >= 4 is 15.9 Å². The number of rotatable bonds is 3. The van der Waals surface area contributed by atoms with Crippen LogP contribution in [0, 0.1) is 17.6 Å². The van der Waals surface area contributed by atoms with Crippen LogP contribution < -0.4 is 5.32 Å². The van der Waals surface area contributed by atoms with Crippen LogP contribution in [0.15, 0.2) is 16.6 Å². The molecule has 0 bridgehead atoms. The topological polar surface area (TPSA) is 15.3 Å². The number of hydrogen-bond acceptors (Lipinski definition) is 2. The van der Waals surface area contributed by atoms with Crippen LogP contribution in [0.25, 0.3) is 0 Å². The Morgan fingerprint density at radius 2 is 2.16 bits per heavy atom. The molecular weight excluding hydrogens is 314 g/mol. The zero-order chi connectivity index (χ0) is 14.0. The molecule has 5 heteroatoms. The second-order valence-electron chi connectivity index (χ2n) is 5.36. The first-order valence-corrected chi connectivity index (χ1v) is 7.36. The summed E-state index contributed by atoms with van der Waals surface area (Å²) in [4.78, 5) is 2.11. The molecule has 0 amide bonds. The van der Waals surface area contributed by atoms with Gasteiger partial charge < -0.3 is 5.32 Å². The Balaban J connectivity index is 2.11. The third kappa shape index (κ3) is 3.52. The quantitative estimate of drug-likeness (QED) is 0.855. The maximum atomic E-state index is 13.9. The van der Waals surface area contributed by atoms with E-state index < -0.39 is 11.6 Å². The van der Waals surface area contributed by atoms with Gasteiger partial charge in [-0.1, -0.05) is 13.8 Å². The van der Waals surface area contributed by atoms with Gasteiger partial charge in [-0.15, -0.1) is 0 Å². The predicted molar refractivity (Wildman–Crippen MR) is 76.0 cm³/mol. The molecule has 1 heterocycles. The normalized spacial score (nSPS) is 21.1. The van der Waals surface area contributed by atoms with Crippen LogP contribution in [-0.4, -0.2) is 30.6 Å². The minimum atomic E-state index is -0.486. The van der Waals surface area contributed by atoms with Crippen molar-refractivity contribution in [3.05, 3.63) is 33.8 Å². The molecule has 1 fully saturated rings. The summed E-state index contributed by atoms with van der Waals surface area (Å²) in [7, 11) is 0. The number of nitrogens with one attached hydrogen (secondary N) is 1. The fraction of sp³-hybridized carbons (Fsp3) is 0.571. The highest BCUT2D eigenvalue weighted by Gasteiger charge is 2.23. The van der Waals surface area contributed by atoms with Gasteiger partial charge in [-0.25, -0.2) is 8.78 Å². The van der Waals surface area contributed by atoms with Gasteiger partial charge in [0.1, 0.15) is 11.6 Å². The molecule has 1 aromatic carbocycles. The fourth-order valence-corrected chi connectivity index (χ4v) is 2.74. The molecule has 1 aliphatic rings. The van der Waals surface area contributed by atoms with E-state index in [2.05, 4.69) is 40.0 Å². The van der Waals surface area contributed by atoms with E-state index in [0.717, 1.165) is 19.6 Å². The Morgan fingerprint density at radius 1 is 1.42 bits per heavy atom. The lowest BCUT2D eigenvalue weighted by Gasteiger charge is -2.35. The lowest BCUT2D eigenvalue weighted by Crippen LogP contribution is -2.52. The van der Waals surface area contributed by atoms with E-state index in [1.165, 1.54) is 12.1 Å². The molecule has 0 spiro atoms. The smallest absolute Gasteiger partial charge is 0.144 e. The summed E-state index contributed by atoms with van der Waals surface area (Å²) < 4.78 is 28.0. The first-order valence-electron chi connectivity index (χ1n) is 6.57. The largest absolute Gasteiger partial charge is 0.311 e. The third-order valence-corrected chi connectivity index (χ3v) is 4.23. The second-order valence-corrected chi connectivity index (χ2v) is 6.22. The van der Waals surface area contributed by atoms with Gasteiger partial charge in [0.05, 0.1) is 4.47 Å². The average molecular weight is 333 g/mol. The summed E-state index contributed by atoms with van der Waals surface area (Å²) in [5, 5.41) is 3.44. The van der Waals surface area contributed by atoms with Crippen LogP contribution in [0.4, 0.5) is 8.78 Å². The third-order valence-electron chi connectivity index (χ3n) is 3.61. The predicted octanol–water partition coefficient (Wildman–Crippen LogP) is 3.16. The number of nitrogens with zero attached hydrogens (tertiary/aromatic N) is 1. The molecule has 0 saturated carbocycles. The van der Waals surface area contributed by atoms with Crippen LogP contribution in [0.5, 0.6) is 0 Å². The van der Waals surface area contributed by atoms with Gasteiger partial charge in [0.15, 0.2) is 0 Å². The van der Waals surface area contributed by atoms with Crippen molar-refractivity contribution in [2.45, 2.75) is 26.4 Å². The SMILES string of the molecule is CC(C)C1CN(Cc2c(F)ccc(Br)c2F)CCN1. The van der Waals surface area contributed by atoms with Crippen molar-refractivity contribution in [1.82, 2.24) is 10.2 Å². The minimum Gasteiger partial charge on any atom is -0.311 e. The van der Waals surface area contributed by atoms with Crippen molar-refractivity contribution in [2.75, 3.05) is 19.6 Å². The maximum absolute atomic E-state index is 13.9. The highest BCUT2D eigenvalue weighted by molar-refractivity contribution is 9.10. The number of halogens is 3. The molecule has 106 valence electrons. The van der Waals surface area contributed by atoms with Gasteiger partial charge in [-0.3, -0.25) is 4.90 Å². The number of benzene rings is 1. The Kier molecular flexibility index (Phi) is 4.92. The lowest BCUT2D eigenvalue weighted by molar-refractivity contribution is 0.165. The molecule has 0 aliphatic carbocycles. The summed E-state index contributed by atoms with van der Waals surface area (Å²) in [6, 6.07) is 3.10. The van der Waals surface area contributed by atoms with Gasteiger partial charge in [0.2, 0.25) is 0 Å². The van der Waals surface area contributed by atoms with Gasteiger partial charge in [0.25, 0.3) is 0 Å². The zero-order valence-corrected chi connectivity index (χ0v) is 12.8. The average Bonchev–Trinajstić information content (AvgIpc) is 2.39. The minimum absolute atomic E-state index is 0.152. The molecule has 1 aromatic rings. The lowest BCUT2D eigenvalue weighted by atomic mass is 10.0. The molecule has 2 rings (SSSR count). The number of piperazine rings is 1. The number of hydrogen-bond donors (Lipinski definition) is 1. The highest BCUT2D eigenvalue weighted by atomic mass is 79.9.